The lowest BCUT2D eigenvalue weighted by Gasteiger charge is -2.03. The average Bonchev–Trinajstić information content (AvgIpc) is 3.17. The van der Waals surface area contributed by atoms with E-state index in [-0.39, 0.29) is 0 Å². The van der Waals surface area contributed by atoms with Crippen LogP contribution in [0.2, 0.25) is 0 Å². The Bertz CT molecular complexity index is 614. The molecular weight excluding hydrogens is 328 g/mol. The summed E-state index contributed by atoms with van der Waals surface area (Å²) in [4.78, 5) is 0. The summed E-state index contributed by atoms with van der Waals surface area (Å²) in [6, 6.07) is 8.70. The Morgan fingerprint density at radius 1 is 0.741 bits per heavy atom. The molecule has 1 aromatic heterocycles. The van der Waals surface area contributed by atoms with Crippen molar-refractivity contribution in [2.45, 2.75) is 104 Å². The number of aromatic nitrogens is 2. The van der Waals surface area contributed by atoms with Crippen molar-refractivity contribution in [1.82, 2.24) is 4.57 Å². The maximum Gasteiger partial charge on any atom is 0.248 e. The molecule has 2 nitrogen and oxygen atoms in total. The predicted molar refractivity (Wildman–Crippen MR) is 116 cm³/mol. The first-order chi connectivity index (χ1) is 13.3. The first-order valence-electron chi connectivity index (χ1n) is 11.5. The molecule has 1 aromatic carbocycles. The van der Waals surface area contributed by atoms with Gasteiger partial charge in [0.25, 0.3) is 0 Å². The van der Waals surface area contributed by atoms with Gasteiger partial charge >= 0.3 is 0 Å². The van der Waals surface area contributed by atoms with Crippen molar-refractivity contribution in [2.24, 2.45) is 0 Å². The van der Waals surface area contributed by atoms with Crippen LogP contribution in [-0.2, 0) is 13.0 Å². The van der Waals surface area contributed by atoms with Crippen molar-refractivity contribution in [2.75, 3.05) is 0 Å². The second-order valence-corrected chi connectivity index (χ2v) is 7.93. The second-order valence-electron chi connectivity index (χ2n) is 7.93. The summed E-state index contributed by atoms with van der Waals surface area (Å²) in [6.07, 6.45) is 24.7. The SMILES string of the molecule is CCCCCCCCCCCCCCn1cc[n+](-c2ccccc2CC)c1. The second kappa shape index (κ2) is 13.6. The van der Waals surface area contributed by atoms with Gasteiger partial charge in [-0.2, -0.15) is 0 Å². The maximum absolute atomic E-state index is 2.34. The molecule has 0 N–H and O–H groups in total. The number of unbranched alkanes of at least 4 members (excludes halogenated alkanes) is 11. The summed E-state index contributed by atoms with van der Waals surface area (Å²) in [5, 5.41) is 0. The standard InChI is InChI=1S/C25H41N2/c1-3-5-6-7-8-9-10-11-12-13-14-17-20-26-21-22-27(23-26)25-19-16-15-18-24(25)4-2/h15-16,18-19,21-23H,3-14,17,20H2,1-2H3/q+1. The first-order valence-corrected chi connectivity index (χ1v) is 11.5. The zero-order valence-electron chi connectivity index (χ0n) is 17.8. The Morgan fingerprint density at radius 2 is 1.33 bits per heavy atom. The van der Waals surface area contributed by atoms with E-state index in [9.17, 15) is 0 Å². The Labute approximate surface area is 167 Å². The Balaban J connectivity index is 1.54. The molecule has 1 heterocycles. The van der Waals surface area contributed by atoms with E-state index >= 15 is 0 Å². The van der Waals surface area contributed by atoms with Crippen molar-refractivity contribution in [1.29, 1.82) is 0 Å². The van der Waals surface area contributed by atoms with Crippen LogP contribution in [0.25, 0.3) is 5.69 Å². The fraction of sp³-hybridized carbons (Fsp3) is 0.640. The van der Waals surface area contributed by atoms with Gasteiger partial charge in [-0.05, 0) is 30.9 Å². The predicted octanol–water partition coefficient (Wildman–Crippen LogP) is 7.03. The van der Waals surface area contributed by atoms with Gasteiger partial charge in [-0.1, -0.05) is 96.3 Å². The quantitative estimate of drug-likeness (QED) is 0.235. The normalized spacial score (nSPS) is 11.2. The highest BCUT2D eigenvalue weighted by Crippen LogP contribution is 2.12. The van der Waals surface area contributed by atoms with E-state index in [1.54, 1.807) is 0 Å². The minimum Gasteiger partial charge on any atom is -0.236 e. The van der Waals surface area contributed by atoms with E-state index in [0.29, 0.717) is 0 Å². The maximum atomic E-state index is 2.34. The summed E-state index contributed by atoms with van der Waals surface area (Å²) in [6.45, 7) is 5.65. The number of benzene rings is 1. The number of para-hydroxylation sites is 1. The van der Waals surface area contributed by atoms with Crippen LogP contribution in [-0.4, -0.2) is 4.57 Å². The van der Waals surface area contributed by atoms with Crippen LogP contribution in [0.4, 0.5) is 0 Å². The molecule has 0 radical (unpaired) electrons. The third kappa shape index (κ3) is 8.32. The summed E-state index contributed by atoms with van der Waals surface area (Å²) in [7, 11) is 0. The zero-order chi connectivity index (χ0) is 19.2. The Morgan fingerprint density at radius 3 is 1.96 bits per heavy atom. The van der Waals surface area contributed by atoms with E-state index in [1.807, 2.05) is 0 Å². The molecule has 0 aliphatic rings. The molecule has 0 saturated heterocycles. The number of hydrogen-bond donors (Lipinski definition) is 0. The lowest BCUT2D eigenvalue weighted by Crippen LogP contribution is -2.29. The molecule has 2 heteroatoms. The smallest absolute Gasteiger partial charge is 0.236 e. The summed E-state index contributed by atoms with van der Waals surface area (Å²) in [5.41, 5.74) is 2.72. The lowest BCUT2D eigenvalue weighted by molar-refractivity contribution is -0.595. The molecule has 150 valence electrons. The molecule has 0 atom stereocenters. The molecule has 0 aliphatic heterocycles. The van der Waals surface area contributed by atoms with E-state index < -0.39 is 0 Å². The van der Waals surface area contributed by atoms with Crippen LogP contribution in [0, 0.1) is 0 Å². The van der Waals surface area contributed by atoms with E-state index in [1.165, 1.54) is 88.3 Å². The van der Waals surface area contributed by atoms with Gasteiger partial charge in [0, 0.05) is 0 Å². The number of imidazole rings is 1. The summed E-state index contributed by atoms with van der Waals surface area (Å²) in [5.74, 6) is 0. The largest absolute Gasteiger partial charge is 0.248 e. The fourth-order valence-electron chi connectivity index (χ4n) is 3.87. The fourth-order valence-corrected chi connectivity index (χ4v) is 3.87. The van der Waals surface area contributed by atoms with Crippen molar-refractivity contribution >= 4 is 0 Å². The van der Waals surface area contributed by atoms with Crippen molar-refractivity contribution in [3.8, 4) is 5.69 Å². The molecule has 0 amide bonds. The molecule has 0 aliphatic carbocycles. The Kier molecular flexibility index (Phi) is 10.9. The van der Waals surface area contributed by atoms with Gasteiger partial charge in [0.05, 0.1) is 6.54 Å². The van der Waals surface area contributed by atoms with Crippen LogP contribution >= 0.6 is 0 Å². The third-order valence-electron chi connectivity index (χ3n) is 5.61. The monoisotopic (exact) mass is 369 g/mol. The molecule has 0 spiro atoms. The molecule has 2 aromatic rings. The Hall–Kier alpha value is -1.57. The van der Waals surface area contributed by atoms with Gasteiger partial charge in [0.2, 0.25) is 6.33 Å². The highest BCUT2D eigenvalue weighted by Gasteiger charge is 2.09. The highest BCUT2D eigenvalue weighted by molar-refractivity contribution is 5.33. The number of hydrogen-bond acceptors (Lipinski definition) is 0. The molecule has 0 bridgehead atoms. The minimum absolute atomic E-state index is 1.08. The molecule has 2 rings (SSSR count). The van der Waals surface area contributed by atoms with Crippen LogP contribution in [0.1, 0.15) is 96.5 Å². The summed E-state index contributed by atoms with van der Waals surface area (Å²) < 4.78 is 4.60. The van der Waals surface area contributed by atoms with Gasteiger partial charge in [-0.25, -0.2) is 9.13 Å². The van der Waals surface area contributed by atoms with Gasteiger partial charge in [0.1, 0.15) is 18.1 Å². The van der Waals surface area contributed by atoms with Gasteiger partial charge < -0.3 is 0 Å². The van der Waals surface area contributed by atoms with E-state index in [2.05, 4.69) is 66.0 Å². The van der Waals surface area contributed by atoms with E-state index in [0.717, 1.165) is 13.0 Å². The van der Waals surface area contributed by atoms with Crippen molar-refractivity contribution < 1.29 is 4.57 Å². The van der Waals surface area contributed by atoms with Gasteiger partial charge in [-0.3, -0.25) is 0 Å². The molecular formula is C25H41N2+. The number of rotatable bonds is 15. The molecule has 0 saturated carbocycles. The van der Waals surface area contributed by atoms with Crippen molar-refractivity contribution in [3.05, 3.63) is 48.5 Å². The number of nitrogens with zero attached hydrogens (tertiary/aromatic N) is 2. The van der Waals surface area contributed by atoms with Crippen LogP contribution in [0.15, 0.2) is 43.0 Å². The van der Waals surface area contributed by atoms with Crippen LogP contribution in [0.5, 0.6) is 0 Å². The van der Waals surface area contributed by atoms with Crippen LogP contribution < -0.4 is 4.57 Å². The summed E-state index contributed by atoms with van der Waals surface area (Å²) >= 11 is 0. The third-order valence-corrected chi connectivity index (χ3v) is 5.61. The lowest BCUT2D eigenvalue weighted by atomic mass is 10.1. The van der Waals surface area contributed by atoms with Crippen molar-refractivity contribution in [3.63, 3.8) is 0 Å². The topological polar surface area (TPSA) is 8.81 Å². The molecule has 27 heavy (non-hydrogen) atoms. The van der Waals surface area contributed by atoms with Gasteiger partial charge in [0.15, 0.2) is 0 Å². The average molecular weight is 370 g/mol. The molecule has 0 unspecified atom stereocenters. The van der Waals surface area contributed by atoms with Crippen LogP contribution in [0.3, 0.4) is 0 Å². The first kappa shape index (κ1) is 21.7. The zero-order valence-corrected chi connectivity index (χ0v) is 17.8. The highest BCUT2D eigenvalue weighted by atomic mass is 15.1. The minimum atomic E-state index is 1.08. The van der Waals surface area contributed by atoms with Gasteiger partial charge in [-0.15, -0.1) is 0 Å². The molecule has 0 fully saturated rings. The number of aryl methyl sites for hydroxylation is 2. The van der Waals surface area contributed by atoms with E-state index in [4.69, 9.17) is 0 Å².